The number of ether oxygens (including phenoxy) is 2. The van der Waals surface area contributed by atoms with Crippen molar-refractivity contribution < 1.29 is 9.47 Å². The van der Waals surface area contributed by atoms with Crippen LogP contribution in [0.1, 0.15) is 0 Å². The Balaban J connectivity index is 2.10. The van der Waals surface area contributed by atoms with Gasteiger partial charge in [0.1, 0.15) is 11.5 Å². The second-order valence-corrected chi connectivity index (χ2v) is 3.30. The number of aromatic nitrogens is 1. The Bertz CT molecular complexity index is 383. The van der Waals surface area contributed by atoms with E-state index in [1.165, 1.54) is 11.5 Å². The molecular formula is C10H9NO2S. The number of methoxy groups -OCH3 is 1. The van der Waals surface area contributed by atoms with Crippen molar-refractivity contribution in [2.24, 2.45) is 0 Å². The van der Waals surface area contributed by atoms with Gasteiger partial charge in [-0.1, -0.05) is 0 Å². The van der Waals surface area contributed by atoms with Crippen LogP contribution in [0.4, 0.5) is 0 Å². The van der Waals surface area contributed by atoms with Gasteiger partial charge in [0.15, 0.2) is 5.75 Å². The molecule has 0 fully saturated rings. The summed E-state index contributed by atoms with van der Waals surface area (Å²) in [6, 6.07) is 7.43. The van der Waals surface area contributed by atoms with Gasteiger partial charge in [0, 0.05) is 0 Å². The molecule has 72 valence electrons. The minimum atomic E-state index is 0.764. The van der Waals surface area contributed by atoms with E-state index in [-0.39, 0.29) is 0 Å². The highest BCUT2D eigenvalue weighted by Crippen LogP contribution is 2.23. The van der Waals surface area contributed by atoms with E-state index in [1.807, 2.05) is 29.6 Å². The molecule has 14 heavy (non-hydrogen) atoms. The van der Waals surface area contributed by atoms with Crippen molar-refractivity contribution in [3.8, 4) is 17.2 Å². The van der Waals surface area contributed by atoms with Gasteiger partial charge < -0.3 is 9.47 Å². The average Bonchev–Trinajstić information content (AvgIpc) is 2.72. The first-order chi connectivity index (χ1) is 6.88. The normalized spacial score (nSPS) is 9.79. The molecule has 0 atom stereocenters. The lowest BCUT2D eigenvalue weighted by molar-refractivity contribution is 0.413. The lowest BCUT2D eigenvalue weighted by Crippen LogP contribution is -1.84. The molecule has 4 heteroatoms. The van der Waals surface area contributed by atoms with Gasteiger partial charge in [-0.05, 0) is 35.8 Å². The molecule has 2 aromatic rings. The molecule has 0 aliphatic heterocycles. The van der Waals surface area contributed by atoms with Crippen molar-refractivity contribution in [2.75, 3.05) is 7.11 Å². The first-order valence-corrected chi connectivity index (χ1v) is 4.93. The fourth-order valence-electron chi connectivity index (χ4n) is 1.03. The molecule has 2 rings (SSSR count). The summed E-state index contributed by atoms with van der Waals surface area (Å²) in [5, 5.41) is 1.85. The van der Waals surface area contributed by atoms with Crippen molar-refractivity contribution in [2.45, 2.75) is 0 Å². The van der Waals surface area contributed by atoms with Crippen LogP contribution in [0.15, 0.2) is 35.8 Å². The molecule has 0 aliphatic rings. The summed E-state index contributed by atoms with van der Waals surface area (Å²) >= 11 is 1.37. The van der Waals surface area contributed by atoms with Crippen molar-refractivity contribution >= 4 is 11.5 Å². The van der Waals surface area contributed by atoms with Crippen LogP contribution in [-0.2, 0) is 0 Å². The fourth-order valence-corrected chi connectivity index (χ4v) is 1.46. The number of nitrogens with zero attached hydrogens (tertiary/aromatic N) is 1. The van der Waals surface area contributed by atoms with Gasteiger partial charge in [-0.2, -0.15) is 4.37 Å². The second-order valence-electron chi connectivity index (χ2n) is 2.64. The maximum atomic E-state index is 5.51. The quantitative estimate of drug-likeness (QED) is 0.775. The Morgan fingerprint density at radius 3 is 2.36 bits per heavy atom. The summed E-state index contributed by atoms with van der Waals surface area (Å²) in [6.45, 7) is 0. The third-order valence-corrected chi connectivity index (χ3v) is 2.27. The van der Waals surface area contributed by atoms with Crippen molar-refractivity contribution in [1.82, 2.24) is 4.37 Å². The first kappa shape index (κ1) is 9.02. The highest BCUT2D eigenvalue weighted by atomic mass is 32.1. The summed E-state index contributed by atoms with van der Waals surface area (Å²) in [4.78, 5) is 0. The molecule has 0 spiro atoms. The molecule has 1 aromatic carbocycles. The Hall–Kier alpha value is -1.55. The van der Waals surface area contributed by atoms with E-state index < -0.39 is 0 Å². The molecule has 0 aliphatic carbocycles. The fraction of sp³-hybridized carbons (Fsp3) is 0.100. The monoisotopic (exact) mass is 207 g/mol. The van der Waals surface area contributed by atoms with Crippen LogP contribution in [0.2, 0.25) is 0 Å². The van der Waals surface area contributed by atoms with Crippen LogP contribution in [0, 0.1) is 0 Å². The maximum absolute atomic E-state index is 5.51. The van der Waals surface area contributed by atoms with E-state index in [0.29, 0.717) is 0 Å². The third-order valence-electron chi connectivity index (χ3n) is 1.70. The minimum absolute atomic E-state index is 0.764. The second kappa shape index (κ2) is 4.11. The topological polar surface area (TPSA) is 31.4 Å². The highest BCUT2D eigenvalue weighted by molar-refractivity contribution is 7.03. The summed E-state index contributed by atoms with van der Waals surface area (Å²) in [7, 11) is 1.64. The Morgan fingerprint density at radius 1 is 1.07 bits per heavy atom. The summed E-state index contributed by atoms with van der Waals surface area (Å²) in [6.07, 6.45) is 1.69. The Labute approximate surface area is 86.1 Å². The Morgan fingerprint density at radius 2 is 1.79 bits per heavy atom. The van der Waals surface area contributed by atoms with Gasteiger partial charge in [0.25, 0.3) is 0 Å². The lowest BCUT2D eigenvalue weighted by Gasteiger charge is -2.03. The standard InChI is InChI=1S/C10H9NO2S/c1-12-8-2-4-9(5-3-8)13-10-6-11-14-7-10/h2-7H,1H3. The van der Waals surface area contributed by atoms with Gasteiger partial charge in [-0.15, -0.1) is 0 Å². The van der Waals surface area contributed by atoms with Gasteiger partial charge in [0.05, 0.1) is 18.7 Å². The molecule has 0 saturated carbocycles. The number of hydrogen-bond donors (Lipinski definition) is 0. The molecule has 0 unspecified atom stereocenters. The van der Waals surface area contributed by atoms with Gasteiger partial charge >= 0.3 is 0 Å². The van der Waals surface area contributed by atoms with E-state index in [0.717, 1.165) is 17.2 Å². The summed E-state index contributed by atoms with van der Waals surface area (Å²) in [5.74, 6) is 2.37. The largest absolute Gasteiger partial charge is 0.497 e. The van der Waals surface area contributed by atoms with E-state index >= 15 is 0 Å². The molecular weight excluding hydrogens is 198 g/mol. The molecule has 1 aromatic heterocycles. The van der Waals surface area contributed by atoms with Crippen LogP contribution in [0.3, 0.4) is 0 Å². The first-order valence-electron chi connectivity index (χ1n) is 4.10. The maximum Gasteiger partial charge on any atom is 0.158 e. The predicted molar refractivity (Wildman–Crippen MR) is 55.2 cm³/mol. The summed E-state index contributed by atoms with van der Waals surface area (Å²) in [5.41, 5.74) is 0. The zero-order chi connectivity index (χ0) is 9.80. The van der Waals surface area contributed by atoms with Crippen LogP contribution in [0.25, 0.3) is 0 Å². The number of benzene rings is 1. The van der Waals surface area contributed by atoms with Crippen LogP contribution >= 0.6 is 11.5 Å². The van der Waals surface area contributed by atoms with E-state index in [1.54, 1.807) is 13.3 Å². The predicted octanol–water partition coefficient (Wildman–Crippen LogP) is 2.94. The number of rotatable bonds is 3. The van der Waals surface area contributed by atoms with Crippen molar-refractivity contribution in [3.05, 3.63) is 35.8 Å². The van der Waals surface area contributed by atoms with Crippen LogP contribution < -0.4 is 9.47 Å². The van der Waals surface area contributed by atoms with Gasteiger partial charge in [-0.3, -0.25) is 0 Å². The molecule has 0 saturated heterocycles. The molecule has 1 heterocycles. The third kappa shape index (κ3) is 2.03. The van der Waals surface area contributed by atoms with E-state index in [2.05, 4.69) is 4.37 Å². The zero-order valence-corrected chi connectivity index (χ0v) is 8.45. The van der Waals surface area contributed by atoms with Crippen LogP contribution in [0.5, 0.6) is 17.2 Å². The van der Waals surface area contributed by atoms with Gasteiger partial charge in [0.2, 0.25) is 0 Å². The van der Waals surface area contributed by atoms with Crippen molar-refractivity contribution in [1.29, 1.82) is 0 Å². The SMILES string of the molecule is COc1ccc(Oc2cnsc2)cc1. The smallest absolute Gasteiger partial charge is 0.158 e. The van der Waals surface area contributed by atoms with Crippen LogP contribution in [-0.4, -0.2) is 11.5 Å². The average molecular weight is 207 g/mol. The molecule has 0 bridgehead atoms. The summed E-state index contributed by atoms with van der Waals surface area (Å²) < 4.78 is 14.5. The molecule has 0 amide bonds. The Kier molecular flexibility index (Phi) is 2.65. The number of hydrogen-bond acceptors (Lipinski definition) is 4. The molecule has 0 N–H and O–H groups in total. The highest BCUT2D eigenvalue weighted by Gasteiger charge is 1.98. The lowest BCUT2D eigenvalue weighted by atomic mass is 10.3. The minimum Gasteiger partial charge on any atom is -0.497 e. The molecule has 0 radical (unpaired) electrons. The van der Waals surface area contributed by atoms with Gasteiger partial charge in [-0.25, -0.2) is 0 Å². The van der Waals surface area contributed by atoms with E-state index in [9.17, 15) is 0 Å². The molecule has 3 nitrogen and oxygen atoms in total. The van der Waals surface area contributed by atoms with Crippen molar-refractivity contribution in [3.63, 3.8) is 0 Å². The van der Waals surface area contributed by atoms with E-state index in [4.69, 9.17) is 9.47 Å². The zero-order valence-electron chi connectivity index (χ0n) is 7.64.